The molecule has 7 aromatic carbocycles. The van der Waals surface area contributed by atoms with Crippen molar-refractivity contribution in [3.63, 3.8) is 0 Å². The first-order valence-corrected chi connectivity index (χ1v) is 17.2. The van der Waals surface area contributed by atoms with Crippen LogP contribution in [-0.2, 0) is 21.1 Å². The molecule has 4 heterocycles. The van der Waals surface area contributed by atoms with E-state index in [1.807, 2.05) is 103 Å². The van der Waals surface area contributed by atoms with Crippen LogP contribution in [0.4, 0.5) is 0 Å². The standard InChI is InChI=1S/C45H25N7O.Pt/c46-28-29-11-9-12-30(23-29)31-24-33(50-41-20-6-8-22-43(41)52-39-18-4-2-16-37(39)48-45(50)52)27-35(25-31)53-34-14-10-13-32(26-34)49-40-19-5-7-21-42(40)51-38-17-3-1-15-36(38)47-44(49)51;/h1-25H;/q-2;+2. The molecule has 0 spiro atoms. The molecule has 0 bridgehead atoms. The number of imidazole rings is 4. The van der Waals surface area contributed by atoms with E-state index in [1.165, 1.54) is 0 Å². The molecule has 54 heavy (non-hydrogen) atoms. The largest absolute Gasteiger partial charge is 2.00 e. The van der Waals surface area contributed by atoms with Crippen LogP contribution in [0.2, 0.25) is 0 Å². The molecule has 0 amide bonds. The van der Waals surface area contributed by atoms with Gasteiger partial charge in [-0.25, -0.2) is 9.97 Å². The van der Waals surface area contributed by atoms with Gasteiger partial charge in [-0.05, 0) is 66.2 Å². The minimum atomic E-state index is 0. The van der Waals surface area contributed by atoms with E-state index in [4.69, 9.17) is 14.7 Å². The molecule has 9 heteroatoms. The van der Waals surface area contributed by atoms with Crippen LogP contribution >= 0.6 is 0 Å². The summed E-state index contributed by atoms with van der Waals surface area (Å²) in [5.41, 5.74) is 11.8. The fourth-order valence-electron chi connectivity index (χ4n) is 7.56. The number of ether oxygens (including phenoxy) is 1. The van der Waals surface area contributed by atoms with Crippen LogP contribution in [0.15, 0.2) is 152 Å². The number of nitrogens with zero attached hydrogens (tertiary/aromatic N) is 7. The predicted molar refractivity (Wildman–Crippen MR) is 207 cm³/mol. The van der Waals surface area contributed by atoms with Gasteiger partial charge < -0.3 is 13.9 Å². The van der Waals surface area contributed by atoms with Crippen molar-refractivity contribution in [3.05, 3.63) is 169 Å². The molecule has 0 saturated carbocycles. The molecule has 0 N–H and O–H groups in total. The summed E-state index contributed by atoms with van der Waals surface area (Å²) in [6.07, 6.45) is 0. The average Bonchev–Trinajstić information content (AvgIpc) is 3.94. The van der Waals surface area contributed by atoms with Gasteiger partial charge in [0.05, 0.1) is 55.8 Å². The minimum absolute atomic E-state index is 0. The number of nitriles is 1. The zero-order valence-corrected chi connectivity index (χ0v) is 30.6. The first-order valence-electron chi connectivity index (χ1n) is 17.2. The minimum Gasteiger partial charge on any atom is -0.509 e. The van der Waals surface area contributed by atoms with Crippen molar-refractivity contribution in [1.82, 2.24) is 27.9 Å². The van der Waals surface area contributed by atoms with Gasteiger partial charge in [0, 0.05) is 11.5 Å². The van der Waals surface area contributed by atoms with Gasteiger partial charge in [0.1, 0.15) is 0 Å². The topological polar surface area (TPSA) is 77.5 Å². The monoisotopic (exact) mass is 874 g/mol. The summed E-state index contributed by atoms with van der Waals surface area (Å²) < 4.78 is 15.3. The molecule has 0 aliphatic heterocycles. The normalized spacial score (nSPS) is 11.5. The molecule has 11 aromatic rings. The molecule has 0 aliphatic carbocycles. The van der Waals surface area contributed by atoms with Crippen LogP contribution in [0.1, 0.15) is 5.56 Å². The average molecular weight is 875 g/mol. The third kappa shape index (κ3) is 4.79. The summed E-state index contributed by atoms with van der Waals surface area (Å²) in [6, 6.07) is 59.8. The SMILES string of the molecule is N#Cc1cccc(-c2cc(Oc3[c-]c(-n4c5ccccc5n5c6ccccc6nc45)ccc3)[c-]c(-n3c4ccccc4n4c5ccccc5nc34)c2)c1.[Pt+2]. The zero-order chi connectivity index (χ0) is 35.0. The number of fused-ring (bicyclic) bond motifs is 10. The Labute approximate surface area is 322 Å². The van der Waals surface area contributed by atoms with E-state index in [1.54, 1.807) is 6.07 Å². The Bertz CT molecular complexity index is 3310. The van der Waals surface area contributed by atoms with Gasteiger partial charge >= 0.3 is 21.1 Å². The first kappa shape index (κ1) is 31.8. The number of para-hydroxylation sites is 8. The number of hydrogen-bond acceptors (Lipinski definition) is 4. The molecule has 4 aromatic heterocycles. The zero-order valence-electron chi connectivity index (χ0n) is 28.3. The summed E-state index contributed by atoms with van der Waals surface area (Å²) in [5, 5.41) is 9.74. The molecule has 0 aliphatic rings. The van der Waals surface area contributed by atoms with Crippen molar-refractivity contribution in [2.45, 2.75) is 0 Å². The van der Waals surface area contributed by atoms with E-state index < -0.39 is 0 Å². The number of hydrogen-bond donors (Lipinski definition) is 0. The van der Waals surface area contributed by atoms with Crippen molar-refractivity contribution < 1.29 is 25.8 Å². The van der Waals surface area contributed by atoms with Crippen LogP contribution in [0.25, 0.3) is 78.2 Å². The summed E-state index contributed by atoms with van der Waals surface area (Å²) in [7, 11) is 0. The summed E-state index contributed by atoms with van der Waals surface area (Å²) >= 11 is 0. The number of rotatable bonds is 5. The summed E-state index contributed by atoms with van der Waals surface area (Å²) in [5.74, 6) is 2.58. The molecular weight excluding hydrogens is 850 g/mol. The number of aromatic nitrogens is 6. The maximum Gasteiger partial charge on any atom is 2.00 e. The molecule has 0 unspecified atom stereocenters. The fourth-order valence-corrected chi connectivity index (χ4v) is 7.56. The second kappa shape index (κ2) is 12.3. The summed E-state index contributed by atoms with van der Waals surface area (Å²) in [6.45, 7) is 0. The Kier molecular flexibility index (Phi) is 7.26. The van der Waals surface area contributed by atoms with Crippen molar-refractivity contribution in [2.75, 3.05) is 0 Å². The molecule has 256 valence electrons. The van der Waals surface area contributed by atoms with Gasteiger partial charge in [-0.3, -0.25) is 8.80 Å². The quantitative estimate of drug-likeness (QED) is 0.162. The van der Waals surface area contributed by atoms with Crippen LogP contribution in [-0.4, -0.2) is 27.9 Å². The van der Waals surface area contributed by atoms with Crippen LogP contribution in [0, 0.1) is 23.5 Å². The summed E-state index contributed by atoms with van der Waals surface area (Å²) in [4.78, 5) is 10.1. The van der Waals surface area contributed by atoms with Gasteiger partial charge in [-0.1, -0.05) is 72.0 Å². The van der Waals surface area contributed by atoms with E-state index >= 15 is 0 Å². The molecule has 0 radical (unpaired) electrons. The Morgan fingerprint density at radius 1 is 0.481 bits per heavy atom. The van der Waals surface area contributed by atoms with E-state index in [0.717, 1.165) is 78.2 Å². The smallest absolute Gasteiger partial charge is 0.509 e. The molecular formula is C45H25N7OPt. The molecule has 0 atom stereocenters. The molecule has 8 nitrogen and oxygen atoms in total. The Hall–Kier alpha value is -6.94. The van der Waals surface area contributed by atoms with E-state index in [2.05, 4.69) is 78.6 Å². The van der Waals surface area contributed by atoms with Gasteiger partial charge in [-0.15, -0.1) is 42.0 Å². The maximum absolute atomic E-state index is 9.74. The van der Waals surface area contributed by atoms with Crippen LogP contribution < -0.4 is 4.74 Å². The van der Waals surface area contributed by atoms with E-state index in [-0.39, 0.29) is 21.1 Å². The van der Waals surface area contributed by atoms with Gasteiger partial charge in [0.2, 0.25) is 11.6 Å². The second-order valence-electron chi connectivity index (χ2n) is 12.9. The number of benzene rings is 7. The van der Waals surface area contributed by atoms with Gasteiger partial charge in [-0.2, -0.15) is 11.3 Å². The van der Waals surface area contributed by atoms with Crippen LogP contribution in [0.3, 0.4) is 0 Å². The van der Waals surface area contributed by atoms with E-state index in [0.29, 0.717) is 17.1 Å². The van der Waals surface area contributed by atoms with Crippen LogP contribution in [0.5, 0.6) is 11.5 Å². The maximum atomic E-state index is 9.74. The first-order chi connectivity index (χ1) is 26.2. The van der Waals surface area contributed by atoms with Crippen molar-refractivity contribution in [2.24, 2.45) is 0 Å². The van der Waals surface area contributed by atoms with Crippen molar-refractivity contribution >= 4 is 55.7 Å². The Morgan fingerprint density at radius 2 is 1.02 bits per heavy atom. The predicted octanol–water partition coefficient (Wildman–Crippen LogP) is 10.1. The molecule has 0 fully saturated rings. The van der Waals surface area contributed by atoms with Gasteiger partial charge in [0.15, 0.2) is 0 Å². The van der Waals surface area contributed by atoms with Crippen molar-refractivity contribution in [3.8, 4) is 40.1 Å². The van der Waals surface area contributed by atoms with E-state index in [9.17, 15) is 5.26 Å². The molecule has 11 rings (SSSR count). The Balaban J connectivity index is 0.00000361. The Morgan fingerprint density at radius 3 is 1.65 bits per heavy atom. The van der Waals surface area contributed by atoms with Crippen molar-refractivity contribution in [1.29, 1.82) is 5.26 Å². The second-order valence-corrected chi connectivity index (χ2v) is 12.9. The third-order valence-corrected chi connectivity index (χ3v) is 9.82. The third-order valence-electron chi connectivity index (χ3n) is 9.82. The van der Waals surface area contributed by atoms with Gasteiger partial charge in [0.25, 0.3) is 0 Å². The fraction of sp³-hybridized carbons (Fsp3) is 0. The molecule has 0 saturated heterocycles.